The lowest BCUT2D eigenvalue weighted by molar-refractivity contribution is 0.237. The number of aromatic nitrogens is 2. The Balaban J connectivity index is 1.73. The third kappa shape index (κ3) is 3.60. The van der Waals surface area contributed by atoms with Crippen LogP contribution < -0.4 is 5.32 Å². The van der Waals surface area contributed by atoms with Crippen LogP contribution in [0.25, 0.3) is 0 Å². The molecule has 0 spiro atoms. The average molecular weight is 234 g/mol. The van der Waals surface area contributed by atoms with E-state index in [4.69, 9.17) is 0 Å². The molecule has 4 heteroatoms. The van der Waals surface area contributed by atoms with E-state index < -0.39 is 0 Å². The maximum atomic E-state index is 4.30. The van der Waals surface area contributed by atoms with Crippen LogP contribution in [0.5, 0.6) is 0 Å². The Hall–Kier alpha value is -1.29. The Morgan fingerprint density at radius 3 is 2.94 bits per heavy atom. The first kappa shape index (κ1) is 12.2. The van der Waals surface area contributed by atoms with Crippen molar-refractivity contribution >= 4 is 5.95 Å². The van der Waals surface area contributed by atoms with Crippen molar-refractivity contribution in [1.82, 2.24) is 14.5 Å². The SMILES string of the molecule is C=CCn1ccnc1NCCN1CCCCC1. The lowest BCUT2D eigenvalue weighted by Gasteiger charge is -2.26. The van der Waals surface area contributed by atoms with Gasteiger partial charge in [-0.3, -0.25) is 0 Å². The molecule has 17 heavy (non-hydrogen) atoms. The predicted octanol–water partition coefficient (Wildman–Crippen LogP) is 1.97. The van der Waals surface area contributed by atoms with Crippen molar-refractivity contribution in [3.8, 4) is 0 Å². The Bertz CT molecular complexity index is 339. The second-order valence-electron chi connectivity index (χ2n) is 4.52. The van der Waals surface area contributed by atoms with Gasteiger partial charge in [0, 0.05) is 32.0 Å². The first-order valence-corrected chi connectivity index (χ1v) is 6.48. The molecule has 1 aromatic rings. The lowest BCUT2D eigenvalue weighted by Crippen LogP contribution is -2.34. The third-order valence-corrected chi connectivity index (χ3v) is 3.20. The summed E-state index contributed by atoms with van der Waals surface area (Å²) in [5.41, 5.74) is 0. The molecule has 0 atom stereocenters. The minimum Gasteiger partial charge on any atom is -0.354 e. The van der Waals surface area contributed by atoms with Gasteiger partial charge < -0.3 is 14.8 Å². The quantitative estimate of drug-likeness (QED) is 0.764. The Labute approximate surface area is 103 Å². The topological polar surface area (TPSA) is 33.1 Å². The van der Waals surface area contributed by atoms with Crippen molar-refractivity contribution in [1.29, 1.82) is 0 Å². The fraction of sp³-hybridized carbons (Fsp3) is 0.615. The van der Waals surface area contributed by atoms with Gasteiger partial charge in [0.05, 0.1) is 0 Å². The molecule has 1 N–H and O–H groups in total. The van der Waals surface area contributed by atoms with Crippen molar-refractivity contribution in [2.45, 2.75) is 25.8 Å². The van der Waals surface area contributed by atoms with Gasteiger partial charge in [0.25, 0.3) is 0 Å². The number of hydrogen-bond acceptors (Lipinski definition) is 3. The third-order valence-electron chi connectivity index (χ3n) is 3.20. The summed E-state index contributed by atoms with van der Waals surface area (Å²) in [5.74, 6) is 0.946. The number of allylic oxidation sites excluding steroid dienone is 1. The van der Waals surface area contributed by atoms with E-state index in [-0.39, 0.29) is 0 Å². The number of likely N-dealkylation sites (tertiary alicyclic amines) is 1. The van der Waals surface area contributed by atoms with Crippen LogP contribution in [0, 0.1) is 0 Å². The summed E-state index contributed by atoms with van der Waals surface area (Å²) >= 11 is 0. The molecule has 0 aromatic carbocycles. The van der Waals surface area contributed by atoms with Gasteiger partial charge >= 0.3 is 0 Å². The standard InChI is InChI=1S/C13H22N4/c1-2-8-17-12-7-15-13(17)14-6-11-16-9-4-3-5-10-16/h2,7,12H,1,3-6,8-11H2,(H,14,15). The molecular weight excluding hydrogens is 212 g/mol. The van der Waals surface area contributed by atoms with Gasteiger partial charge in [-0.2, -0.15) is 0 Å². The van der Waals surface area contributed by atoms with Crippen molar-refractivity contribution in [2.75, 3.05) is 31.5 Å². The zero-order valence-electron chi connectivity index (χ0n) is 10.4. The molecule has 0 aliphatic carbocycles. The number of rotatable bonds is 6. The highest BCUT2D eigenvalue weighted by Gasteiger charge is 2.09. The highest BCUT2D eigenvalue weighted by molar-refractivity contribution is 5.26. The predicted molar refractivity (Wildman–Crippen MR) is 71.2 cm³/mol. The summed E-state index contributed by atoms with van der Waals surface area (Å²) < 4.78 is 2.07. The van der Waals surface area contributed by atoms with Crippen molar-refractivity contribution in [3.05, 3.63) is 25.0 Å². The minimum atomic E-state index is 0.812. The highest BCUT2D eigenvalue weighted by Crippen LogP contribution is 2.08. The first-order chi connectivity index (χ1) is 8.40. The molecule has 1 fully saturated rings. The molecule has 0 radical (unpaired) electrons. The van der Waals surface area contributed by atoms with E-state index in [1.165, 1.54) is 32.4 Å². The van der Waals surface area contributed by atoms with E-state index in [0.717, 1.165) is 25.6 Å². The summed E-state index contributed by atoms with van der Waals surface area (Å²) in [6.07, 6.45) is 9.79. The van der Waals surface area contributed by atoms with E-state index in [2.05, 4.69) is 26.3 Å². The second-order valence-corrected chi connectivity index (χ2v) is 4.52. The average Bonchev–Trinajstić information content (AvgIpc) is 2.79. The van der Waals surface area contributed by atoms with Gasteiger partial charge in [-0.05, 0) is 25.9 Å². The number of hydrogen-bond donors (Lipinski definition) is 1. The van der Waals surface area contributed by atoms with Crippen LogP contribution in [-0.2, 0) is 6.54 Å². The van der Waals surface area contributed by atoms with Crippen LogP contribution in [0.15, 0.2) is 25.0 Å². The lowest BCUT2D eigenvalue weighted by atomic mass is 10.1. The largest absolute Gasteiger partial charge is 0.354 e. The maximum Gasteiger partial charge on any atom is 0.203 e. The van der Waals surface area contributed by atoms with Crippen LogP contribution in [0.2, 0.25) is 0 Å². The van der Waals surface area contributed by atoms with Crippen molar-refractivity contribution in [3.63, 3.8) is 0 Å². The summed E-state index contributed by atoms with van der Waals surface area (Å²) in [6.45, 7) is 9.14. The van der Waals surface area contributed by atoms with Crippen LogP contribution in [0.1, 0.15) is 19.3 Å². The van der Waals surface area contributed by atoms with E-state index in [9.17, 15) is 0 Å². The van der Waals surface area contributed by atoms with Gasteiger partial charge in [-0.15, -0.1) is 6.58 Å². The maximum absolute atomic E-state index is 4.30. The number of anilines is 1. The molecule has 0 amide bonds. The van der Waals surface area contributed by atoms with Crippen LogP contribution in [-0.4, -0.2) is 40.6 Å². The molecule has 1 saturated heterocycles. The Kier molecular flexibility index (Phi) is 4.62. The summed E-state index contributed by atoms with van der Waals surface area (Å²) in [4.78, 5) is 6.83. The number of nitrogens with one attached hydrogen (secondary N) is 1. The van der Waals surface area contributed by atoms with Gasteiger partial charge in [0.1, 0.15) is 0 Å². The van der Waals surface area contributed by atoms with Gasteiger partial charge in [0.15, 0.2) is 0 Å². The monoisotopic (exact) mass is 234 g/mol. The fourth-order valence-corrected chi connectivity index (χ4v) is 2.27. The molecular formula is C13H22N4. The molecule has 2 heterocycles. The molecule has 1 aliphatic rings. The Morgan fingerprint density at radius 1 is 1.35 bits per heavy atom. The van der Waals surface area contributed by atoms with Gasteiger partial charge in [-0.25, -0.2) is 4.98 Å². The Morgan fingerprint density at radius 2 is 2.18 bits per heavy atom. The zero-order chi connectivity index (χ0) is 11.9. The van der Waals surface area contributed by atoms with E-state index in [0.29, 0.717) is 0 Å². The first-order valence-electron chi connectivity index (χ1n) is 6.48. The molecule has 0 bridgehead atoms. The second kappa shape index (κ2) is 6.45. The molecule has 4 nitrogen and oxygen atoms in total. The number of nitrogens with zero attached hydrogens (tertiary/aromatic N) is 3. The smallest absolute Gasteiger partial charge is 0.203 e. The summed E-state index contributed by atoms with van der Waals surface area (Å²) in [7, 11) is 0. The summed E-state index contributed by atoms with van der Waals surface area (Å²) in [6, 6.07) is 0. The fourth-order valence-electron chi connectivity index (χ4n) is 2.27. The molecule has 1 aromatic heterocycles. The van der Waals surface area contributed by atoms with Gasteiger partial charge in [0.2, 0.25) is 5.95 Å². The van der Waals surface area contributed by atoms with E-state index in [1.807, 2.05) is 18.5 Å². The van der Waals surface area contributed by atoms with E-state index in [1.54, 1.807) is 0 Å². The van der Waals surface area contributed by atoms with Crippen LogP contribution in [0.3, 0.4) is 0 Å². The zero-order valence-corrected chi connectivity index (χ0v) is 10.4. The van der Waals surface area contributed by atoms with Crippen LogP contribution >= 0.6 is 0 Å². The van der Waals surface area contributed by atoms with Crippen LogP contribution in [0.4, 0.5) is 5.95 Å². The highest BCUT2D eigenvalue weighted by atomic mass is 15.2. The summed E-state index contributed by atoms with van der Waals surface area (Å²) in [5, 5.41) is 3.39. The molecule has 0 unspecified atom stereocenters. The van der Waals surface area contributed by atoms with E-state index >= 15 is 0 Å². The molecule has 0 saturated carbocycles. The minimum absolute atomic E-state index is 0.812. The van der Waals surface area contributed by atoms with Crippen molar-refractivity contribution < 1.29 is 0 Å². The molecule has 94 valence electrons. The normalized spacial score (nSPS) is 16.9. The number of piperidine rings is 1. The van der Waals surface area contributed by atoms with Crippen molar-refractivity contribution in [2.24, 2.45) is 0 Å². The molecule has 2 rings (SSSR count). The van der Waals surface area contributed by atoms with Gasteiger partial charge in [-0.1, -0.05) is 12.5 Å². The molecule has 1 aliphatic heterocycles. The number of imidazole rings is 1.